The second kappa shape index (κ2) is 48.7. The van der Waals surface area contributed by atoms with Gasteiger partial charge in [-0.2, -0.15) is 0 Å². The molecule has 2 unspecified atom stereocenters. The van der Waals surface area contributed by atoms with E-state index in [0.29, 0.717) is 6.42 Å². The highest BCUT2D eigenvalue weighted by molar-refractivity contribution is 5.76. The molecular weight excluding hydrogens is 699 g/mol. The average Bonchev–Trinajstić information content (AvgIpc) is 3.22. The van der Waals surface area contributed by atoms with Gasteiger partial charge in [0.25, 0.3) is 0 Å². The lowest BCUT2D eigenvalue weighted by Gasteiger charge is -2.19. The Morgan fingerprint density at radius 3 is 1.11 bits per heavy atom. The zero-order chi connectivity index (χ0) is 41.4. The Bertz CT molecular complexity index is 908. The zero-order valence-electron chi connectivity index (χ0n) is 38.4. The van der Waals surface area contributed by atoms with E-state index in [9.17, 15) is 15.0 Å². The first-order valence-electron chi connectivity index (χ1n) is 25.4. The molecule has 4 nitrogen and oxygen atoms in total. The van der Waals surface area contributed by atoms with E-state index in [1.807, 2.05) is 6.08 Å². The van der Waals surface area contributed by atoms with Gasteiger partial charge in [0.1, 0.15) is 0 Å². The lowest BCUT2D eigenvalue weighted by Crippen LogP contribution is -2.45. The Hall–Kier alpha value is -1.65. The van der Waals surface area contributed by atoms with Crippen molar-refractivity contribution in [1.29, 1.82) is 0 Å². The summed E-state index contributed by atoms with van der Waals surface area (Å²) >= 11 is 0. The van der Waals surface area contributed by atoms with Crippen LogP contribution < -0.4 is 5.32 Å². The molecular formula is C53H99NO3. The second-order valence-corrected chi connectivity index (χ2v) is 17.2. The fourth-order valence-corrected chi connectivity index (χ4v) is 7.64. The van der Waals surface area contributed by atoms with Crippen LogP contribution in [0.25, 0.3) is 0 Å². The van der Waals surface area contributed by atoms with Gasteiger partial charge >= 0.3 is 0 Å². The molecule has 0 saturated carbocycles. The maximum absolute atomic E-state index is 12.2. The number of nitrogens with one attached hydrogen (secondary N) is 1. The van der Waals surface area contributed by atoms with Gasteiger partial charge in [0.15, 0.2) is 0 Å². The molecule has 1 amide bonds. The van der Waals surface area contributed by atoms with Crippen LogP contribution in [-0.2, 0) is 4.79 Å². The fourth-order valence-electron chi connectivity index (χ4n) is 7.64. The normalized spacial score (nSPS) is 13.3. The maximum atomic E-state index is 12.2. The molecule has 0 bridgehead atoms. The van der Waals surface area contributed by atoms with E-state index in [2.05, 4.69) is 55.6 Å². The van der Waals surface area contributed by atoms with Gasteiger partial charge < -0.3 is 15.5 Å². The molecule has 0 aromatic rings. The van der Waals surface area contributed by atoms with Gasteiger partial charge in [-0.05, 0) is 51.4 Å². The van der Waals surface area contributed by atoms with Crippen LogP contribution in [0.1, 0.15) is 264 Å². The summed E-state index contributed by atoms with van der Waals surface area (Å²) in [6.07, 6.45) is 67.6. The number of amides is 1. The van der Waals surface area contributed by atoms with Crippen LogP contribution in [-0.4, -0.2) is 34.9 Å². The number of allylic oxidation sites excluding steroid dienone is 7. The van der Waals surface area contributed by atoms with Gasteiger partial charge in [0, 0.05) is 6.42 Å². The highest BCUT2D eigenvalue weighted by Crippen LogP contribution is 2.17. The third-order valence-electron chi connectivity index (χ3n) is 11.6. The summed E-state index contributed by atoms with van der Waals surface area (Å²) in [6, 6.07) is -0.615. The van der Waals surface area contributed by atoms with Crippen LogP contribution in [0, 0.1) is 0 Å². The van der Waals surface area contributed by atoms with Gasteiger partial charge in [-0.25, -0.2) is 0 Å². The highest BCUT2D eigenvalue weighted by atomic mass is 16.3. The van der Waals surface area contributed by atoms with Crippen molar-refractivity contribution in [3.05, 3.63) is 48.6 Å². The van der Waals surface area contributed by atoms with E-state index < -0.39 is 12.1 Å². The SMILES string of the molecule is CCCC/C=C/C(O)C(CO)NC(=O)CCCCCCCCCCCCCCCCCCCCCCCCCCCC/C=C\C/C=C\C/C=C\CCCCCCC. The summed E-state index contributed by atoms with van der Waals surface area (Å²) in [7, 11) is 0. The summed E-state index contributed by atoms with van der Waals surface area (Å²) in [5.74, 6) is -0.0705. The highest BCUT2D eigenvalue weighted by Gasteiger charge is 2.17. The average molecular weight is 798 g/mol. The minimum atomic E-state index is -0.833. The molecule has 0 saturated heterocycles. The third-order valence-corrected chi connectivity index (χ3v) is 11.6. The predicted octanol–water partition coefficient (Wildman–Crippen LogP) is 16.3. The van der Waals surface area contributed by atoms with Crippen molar-refractivity contribution in [2.45, 2.75) is 276 Å². The second-order valence-electron chi connectivity index (χ2n) is 17.2. The molecule has 0 spiro atoms. The fraction of sp³-hybridized carbons (Fsp3) is 0.830. The van der Waals surface area contributed by atoms with Crippen molar-refractivity contribution in [2.24, 2.45) is 0 Å². The van der Waals surface area contributed by atoms with Crippen LogP contribution in [0.2, 0.25) is 0 Å². The van der Waals surface area contributed by atoms with E-state index in [1.165, 1.54) is 199 Å². The van der Waals surface area contributed by atoms with Gasteiger partial charge in [-0.3, -0.25) is 4.79 Å². The molecule has 57 heavy (non-hydrogen) atoms. The quantitative estimate of drug-likeness (QED) is 0.0424. The first kappa shape index (κ1) is 55.4. The first-order chi connectivity index (χ1) is 28.2. The Morgan fingerprint density at radius 1 is 0.421 bits per heavy atom. The van der Waals surface area contributed by atoms with E-state index >= 15 is 0 Å². The molecule has 0 rings (SSSR count). The molecule has 0 aliphatic heterocycles. The Morgan fingerprint density at radius 2 is 0.737 bits per heavy atom. The smallest absolute Gasteiger partial charge is 0.220 e. The molecule has 3 N–H and O–H groups in total. The van der Waals surface area contributed by atoms with Crippen molar-refractivity contribution in [2.75, 3.05) is 6.61 Å². The van der Waals surface area contributed by atoms with Crippen molar-refractivity contribution >= 4 is 5.91 Å². The molecule has 0 aliphatic rings. The molecule has 0 radical (unpaired) electrons. The summed E-state index contributed by atoms with van der Waals surface area (Å²) in [6.45, 7) is 4.16. The molecule has 4 heteroatoms. The molecule has 0 aromatic heterocycles. The van der Waals surface area contributed by atoms with Crippen LogP contribution in [0.3, 0.4) is 0 Å². The predicted molar refractivity (Wildman–Crippen MR) is 253 cm³/mol. The van der Waals surface area contributed by atoms with E-state index in [4.69, 9.17) is 0 Å². The standard InChI is InChI=1S/C53H99NO3/c1-3-5-7-9-10-11-12-13-14-15-16-17-18-19-20-21-22-23-24-25-26-27-28-29-30-31-32-33-34-35-36-37-38-39-40-41-42-43-44-45-47-49-53(57)54-51(50-55)52(56)48-46-8-6-4-2/h12-13,15-16,18-19,46,48,51-52,55-56H,3-11,14,17,20-45,47,49-50H2,1-2H3,(H,54,57)/b13-12-,16-15-,19-18-,48-46+. The first-order valence-corrected chi connectivity index (χ1v) is 25.4. The monoisotopic (exact) mass is 798 g/mol. The van der Waals surface area contributed by atoms with Crippen molar-refractivity contribution in [3.8, 4) is 0 Å². The molecule has 0 aliphatic carbocycles. The largest absolute Gasteiger partial charge is 0.394 e. The Kier molecular flexibility index (Phi) is 47.3. The molecule has 0 fully saturated rings. The minimum absolute atomic E-state index is 0.0705. The van der Waals surface area contributed by atoms with E-state index in [-0.39, 0.29) is 12.5 Å². The van der Waals surface area contributed by atoms with Crippen molar-refractivity contribution in [3.63, 3.8) is 0 Å². The van der Waals surface area contributed by atoms with E-state index in [0.717, 1.165) is 44.9 Å². The van der Waals surface area contributed by atoms with Crippen LogP contribution >= 0.6 is 0 Å². The molecule has 0 aromatic carbocycles. The Labute approximate surface area is 356 Å². The van der Waals surface area contributed by atoms with Gasteiger partial charge in [-0.1, -0.05) is 255 Å². The number of carbonyl (C=O) groups is 1. The summed E-state index contributed by atoms with van der Waals surface area (Å²) in [5.41, 5.74) is 0. The minimum Gasteiger partial charge on any atom is -0.394 e. The molecule has 334 valence electrons. The number of hydrogen-bond acceptors (Lipinski definition) is 3. The molecule has 2 atom stereocenters. The number of rotatable bonds is 46. The zero-order valence-corrected chi connectivity index (χ0v) is 38.4. The topological polar surface area (TPSA) is 69.6 Å². The lowest BCUT2D eigenvalue weighted by atomic mass is 10.0. The lowest BCUT2D eigenvalue weighted by molar-refractivity contribution is -0.123. The van der Waals surface area contributed by atoms with Crippen molar-refractivity contribution < 1.29 is 15.0 Å². The Balaban J connectivity index is 3.29. The van der Waals surface area contributed by atoms with E-state index in [1.54, 1.807) is 6.08 Å². The molecule has 0 heterocycles. The number of hydrogen-bond donors (Lipinski definition) is 3. The number of carbonyl (C=O) groups excluding carboxylic acids is 1. The summed E-state index contributed by atoms with van der Waals surface area (Å²) in [5, 5.41) is 22.5. The van der Waals surface area contributed by atoms with Gasteiger partial charge in [-0.15, -0.1) is 0 Å². The van der Waals surface area contributed by atoms with Crippen LogP contribution in [0.15, 0.2) is 48.6 Å². The number of aliphatic hydroxyl groups is 2. The van der Waals surface area contributed by atoms with Gasteiger partial charge in [0.2, 0.25) is 5.91 Å². The van der Waals surface area contributed by atoms with Crippen molar-refractivity contribution in [1.82, 2.24) is 5.32 Å². The van der Waals surface area contributed by atoms with Crippen LogP contribution in [0.5, 0.6) is 0 Å². The summed E-state index contributed by atoms with van der Waals surface area (Å²) < 4.78 is 0. The third kappa shape index (κ3) is 45.3. The number of unbranched alkanes of at least 4 members (excludes halogenated alkanes) is 33. The summed E-state index contributed by atoms with van der Waals surface area (Å²) in [4.78, 5) is 12.2. The van der Waals surface area contributed by atoms with Gasteiger partial charge in [0.05, 0.1) is 18.8 Å². The number of aliphatic hydroxyl groups excluding tert-OH is 2. The van der Waals surface area contributed by atoms with Crippen LogP contribution in [0.4, 0.5) is 0 Å². The maximum Gasteiger partial charge on any atom is 0.220 e.